The van der Waals surface area contributed by atoms with Crippen LogP contribution >= 0.6 is 0 Å². The van der Waals surface area contributed by atoms with Gasteiger partial charge in [0.25, 0.3) is 5.91 Å². The molecule has 0 spiro atoms. The maximum Gasteiger partial charge on any atom is 0.409 e. The Morgan fingerprint density at radius 3 is 2.04 bits per heavy atom. The molecule has 0 unspecified atom stereocenters. The van der Waals surface area contributed by atoms with Gasteiger partial charge in [0.15, 0.2) is 5.66 Å². The molecule has 25 heavy (non-hydrogen) atoms. The number of piperidine rings is 2. The third-order valence-corrected chi connectivity index (χ3v) is 5.22. The van der Waals surface area contributed by atoms with E-state index in [4.69, 9.17) is 4.74 Å². The lowest BCUT2D eigenvalue weighted by molar-refractivity contribution is -0.148. The Labute approximate surface area is 152 Å². The lowest BCUT2D eigenvalue weighted by Crippen LogP contribution is -2.68. The van der Waals surface area contributed by atoms with Crippen molar-refractivity contribution >= 4 is 12.0 Å². The van der Waals surface area contributed by atoms with Gasteiger partial charge >= 0.3 is 6.09 Å². The summed E-state index contributed by atoms with van der Waals surface area (Å²) in [5.74, 6) is 0.649. The van der Waals surface area contributed by atoms with Crippen LogP contribution < -0.4 is 5.32 Å². The zero-order valence-electron chi connectivity index (χ0n) is 16.6. The summed E-state index contributed by atoms with van der Waals surface area (Å²) in [5.41, 5.74) is -1.63. The van der Waals surface area contributed by atoms with E-state index in [9.17, 15) is 9.59 Å². The van der Waals surface area contributed by atoms with Crippen molar-refractivity contribution < 1.29 is 14.3 Å². The van der Waals surface area contributed by atoms with E-state index in [1.807, 2.05) is 32.6 Å². The SMILES string of the molecule is CC1CCN(C(=O)[C@@](C)(NC(=O)OC(C)(C)C)N2CCCCC2)CC1. The van der Waals surface area contributed by atoms with Crippen molar-refractivity contribution in [2.45, 2.75) is 78.0 Å². The zero-order chi connectivity index (χ0) is 18.7. The largest absolute Gasteiger partial charge is 0.444 e. The molecule has 2 fully saturated rings. The molecule has 0 aromatic carbocycles. The predicted molar refractivity (Wildman–Crippen MR) is 98.2 cm³/mol. The first-order chi connectivity index (χ1) is 11.6. The number of likely N-dealkylation sites (tertiary alicyclic amines) is 2. The minimum absolute atomic E-state index is 0.00726. The first kappa shape index (κ1) is 20.0. The van der Waals surface area contributed by atoms with Gasteiger partial charge in [0, 0.05) is 26.2 Å². The molecule has 144 valence electrons. The van der Waals surface area contributed by atoms with Crippen molar-refractivity contribution in [1.82, 2.24) is 15.1 Å². The molecular formula is C19H35N3O3. The molecule has 2 aliphatic heterocycles. The molecule has 6 heteroatoms. The van der Waals surface area contributed by atoms with Gasteiger partial charge in [-0.15, -0.1) is 0 Å². The van der Waals surface area contributed by atoms with Crippen LogP contribution in [0.2, 0.25) is 0 Å². The number of carbonyl (C=O) groups excluding carboxylic acids is 2. The van der Waals surface area contributed by atoms with E-state index in [-0.39, 0.29) is 5.91 Å². The fourth-order valence-electron chi connectivity index (χ4n) is 3.63. The second kappa shape index (κ2) is 7.94. The highest BCUT2D eigenvalue weighted by Gasteiger charge is 2.45. The van der Waals surface area contributed by atoms with Crippen molar-refractivity contribution in [2.24, 2.45) is 5.92 Å². The molecule has 2 saturated heterocycles. The van der Waals surface area contributed by atoms with Gasteiger partial charge < -0.3 is 9.64 Å². The maximum atomic E-state index is 13.3. The quantitative estimate of drug-likeness (QED) is 0.847. The van der Waals surface area contributed by atoms with Crippen LogP contribution in [0.3, 0.4) is 0 Å². The lowest BCUT2D eigenvalue weighted by Gasteiger charge is -2.45. The molecule has 6 nitrogen and oxygen atoms in total. The van der Waals surface area contributed by atoms with Gasteiger partial charge in [-0.3, -0.25) is 15.0 Å². The number of hydrogen-bond acceptors (Lipinski definition) is 4. The van der Waals surface area contributed by atoms with Crippen molar-refractivity contribution in [2.75, 3.05) is 26.2 Å². The minimum Gasteiger partial charge on any atom is -0.444 e. The number of hydrogen-bond donors (Lipinski definition) is 1. The maximum absolute atomic E-state index is 13.3. The molecule has 0 saturated carbocycles. The first-order valence-electron chi connectivity index (χ1n) is 9.67. The third-order valence-electron chi connectivity index (χ3n) is 5.22. The van der Waals surface area contributed by atoms with E-state index in [1.165, 1.54) is 6.42 Å². The van der Waals surface area contributed by atoms with Gasteiger partial charge in [-0.2, -0.15) is 0 Å². The minimum atomic E-state index is -1.04. The van der Waals surface area contributed by atoms with E-state index >= 15 is 0 Å². The monoisotopic (exact) mass is 353 g/mol. The lowest BCUT2D eigenvalue weighted by atomic mass is 9.97. The summed E-state index contributed by atoms with van der Waals surface area (Å²) in [7, 11) is 0. The van der Waals surface area contributed by atoms with Crippen LogP contribution in [-0.4, -0.2) is 59.2 Å². The number of nitrogens with one attached hydrogen (secondary N) is 1. The summed E-state index contributed by atoms with van der Waals surface area (Å²) < 4.78 is 5.43. The fourth-order valence-corrected chi connectivity index (χ4v) is 3.63. The number of alkyl carbamates (subject to hydrolysis) is 1. The van der Waals surface area contributed by atoms with Crippen molar-refractivity contribution in [3.8, 4) is 0 Å². The molecule has 1 atom stereocenters. The van der Waals surface area contributed by atoms with Crippen LogP contribution in [0.1, 0.15) is 66.7 Å². The summed E-state index contributed by atoms with van der Waals surface area (Å²) in [4.78, 5) is 29.8. The number of amides is 2. The highest BCUT2D eigenvalue weighted by Crippen LogP contribution is 2.25. The molecular weight excluding hydrogens is 318 g/mol. The van der Waals surface area contributed by atoms with E-state index in [0.717, 1.165) is 51.9 Å². The van der Waals surface area contributed by atoms with Crippen LogP contribution in [-0.2, 0) is 9.53 Å². The second-order valence-corrected chi connectivity index (χ2v) is 8.72. The smallest absolute Gasteiger partial charge is 0.409 e. The summed E-state index contributed by atoms with van der Waals surface area (Å²) in [6.45, 7) is 12.7. The normalized spacial score (nSPS) is 23.0. The fraction of sp³-hybridized carbons (Fsp3) is 0.895. The molecule has 0 aromatic rings. The zero-order valence-corrected chi connectivity index (χ0v) is 16.6. The van der Waals surface area contributed by atoms with Gasteiger partial charge in [-0.1, -0.05) is 13.3 Å². The van der Waals surface area contributed by atoms with E-state index < -0.39 is 17.4 Å². The molecule has 0 radical (unpaired) electrons. The van der Waals surface area contributed by atoms with Crippen LogP contribution in [0.4, 0.5) is 4.79 Å². The Hall–Kier alpha value is -1.30. The predicted octanol–water partition coefficient (Wildman–Crippen LogP) is 2.97. The molecule has 2 heterocycles. The van der Waals surface area contributed by atoms with E-state index in [2.05, 4.69) is 17.1 Å². The Bertz CT molecular complexity index is 475. The molecule has 0 aromatic heterocycles. The van der Waals surface area contributed by atoms with Crippen LogP contribution in [0.25, 0.3) is 0 Å². The number of ether oxygens (including phenoxy) is 1. The molecule has 2 amide bonds. The van der Waals surface area contributed by atoms with Crippen LogP contribution in [0.15, 0.2) is 0 Å². The Balaban J connectivity index is 2.16. The topological polar surface area (TPSA) is 61.9 Å². The molecule has 2 aliphatic rings. The highest BCUT2D eigenvalue weighted by molar-refractivity contribution is 5.89. The van der Waals surface area contributed by atoms with Gasteiger partial charge in [-0.05, 0) is 59.3 Å². The molecule has 2 rings (SSSR count). The molecule has 0 bridgehead atoms. The number of carbonyl (C=O) groups is 2. The van der Waals surface area contributed by atoms with Crippen molar-refractivity contribution in [3.63, 3.8) is 0 Å². The molecule has 1 N–H and O–H groups in total. The Kier molecular flexibility index (Phi) is 6.35. The van der Waals surface area contributed by atoms with Crippen molar-refractivity contribution in [1.29, 1.82) is 0 Å². The van der Waals surface area contributed by atoms with Gasteiger partial charge in [0.1, 0.15) is 5.60 Å². The van der Waals surface area contributed by atoms with Crippen LogP contribution in [0.5, 0.6) is 0 Å². The van der Waals surface area contributed by atoms with Gasteiger partial charge in [-0.25, -0.2) is 4.79 Å². The van der Waals surface area contributed by atoms with E-state index in [0.29, 0.717) is 5.92 Å². The average molecular weight is 354 g/mol. The summed E-state index contributed by atoms with van der Waals surface area (Å²) in [6, 6.07) is 0. The summed E-state index contributed by atoms with van der Waals surface area (Å²) >= 11 is 0. The number of rotatable bonds is 3. The van der Waals surface area contributed by atoms with Gasteiger partial charge in [0.2, 0.25) is 0 Å². The Morgan fingerprint density at radius 2 is 1.52 bits per heavy atom. The average Bonchev–Trinajstić information content (AvgIpc) is 2.53. The first-order valence-corrected chi connectivity index (χ1v) is 9.67. The standard InChI is InChI=1S/C19H35N3O3/c1-15-9-13-21(14-10-15)16(23)19(5,22-11-7-6-8-12-22)20-17(24)25-18(2,3)4/h15H,6-14H2,1-5H3,(H,20,24)/t19-/m0/s1. The highest BCUT2D eigenvalue weighted by atomic mass is 16.6. The Morgan fingerprint density at radius 1 is 0.960 bits per heavy atom. The second-order valence-electron chi connectivity index (χ2n) is 8.72. The summed E-state index contributed by atoms with van der Waals surface area (Å²) in [6.07, 6.45) is 4.79. The summed E-state index contributed by atoms with van der Waals surface area (Å²) in [5, 5.41) is 2.90. The van der Waals surface area contributed by atoms with Crippen molar-refractivity contribution in [3.05, 3.63) is 0 Å². The van der Waals surface area contributed by atoms with E-state index in [1.54, 1.807) is 0 Å². The van der Waals surface area contributed by atoms with Crippen LogP contribution in [0, 0.1) is 5.92 Å². The number of nitrogens with zero attached hydrogens (tertiary/aromatic N) is 2. The third kappa shape index (κ3) is 5.33. The molecule has 0 aliphatic carbocycles. The van der Waals surface area contributed by atoms with Gasteiger partial charge in [0.05, 0.1) is 0 Å².